The number of halogens is 1. The van der Waals surface area contributed by atoms with Gasteiger partial charge in [0.05, 0.1) is 17.1 Å². The molecular formula is C24H28FN3O2. The lowest BCUT2D eigenvalue weighted by atomic mass is 9.76. The summed E-state index contributed by atoms with van der Waals surface area (Å²) < 4.78 is 13.1. The number of aromatic nitrogens is 1. The first-order chi connectivity index (χ1) is 14.4. The van der Waals surface area contributed by atoms with Gasteiger partial charge < -0.3 is 9.80 Å². The Morgan fingerprint density at radius 2 is 1.90 bits per heavy atom. The molecule has 2 saturated heterocycles. The lowest BCUT2D eigenvalue weighted by Gasteiger charge is -2.56. The van der Waals surface area contributed by atoms with Crippen molar-refractivity contribution in [2.45, 2.75) is 57.5 Å². The Kier molecular flexibility index (Phi) is 5.58. The summed E-state index contributed by atoms with van der Waals surface area (Å²) in [6.45, 7) is 5.23. The number of pyridine rings is 1. The van der Waals surface area contributed by atoms with Gasteiger partial charge in [-0.2, -0.15) is 0 Å². The maximum atomic E-state index is 13.3. The topological polar surface area (TPSA) is 53.5 Å². The van der Waals surface area contributed by atoms with Crippen LogP contribution in [0.3, 0.4) is 0 Å². The van der Waals surface area contributed by atoms with Crippen LogP contribution in [0.2, 0.25) is 0 Å². The van der Waals surface area contributed by atoms with Crippen LogP contribution < -0.4 is 0 Å². The average molecular weight is 410 g/mol. The monoisotopic (exact) mass is 409 g/mol. The third kappa shape index (κ3) is 3.83. The predicted molar refractivity (Wildman–Crippen MR) is 113 cm³/mol. The molecule has 1 aromatic heterocycles. The van der Waals surface area contributed by atoms with Crippen molar-refractivity contribution < 1.29 is 14.0 Å². The van der Waals surface area contributed by atoms with Gasteiger partial charge in [0, 0.05) is 38.3 Å². The highest BCUT2D eigenvalue weighted by molar-refractivity contribution is 5.94. The van der Waals surface area contributed by atoms with E-state index < -0.39 is 0 Å². The third-order valence-electron chi connectivity index (χ3n) is 6.66. The number of fused-ring (bicyclic) bond motifs is 1. The summed E-state index contributed by atoms with van der Waals surface area (Å²) in [5, 5.41) is 0. The molecular weight excluding hydrogens is 381 g/mol. The quantitative estimate of drug-likeness (QED) is 0.775. The van der Waals surface area contributed by atoms with E-state index in [1.165, 1.54) is 12.1 Å². The fourth-order valence-corrected chi connectivity index (χ4v) is 5.14. The molecule has 2 aliphatic heterocycles. The Balaban J connectivity index is 1.51. The minimum atomic E-state index is -0.298. The van der Waals surface area contributed by atoms with Crippen molar-refractivity contribution in [3.05, 3.63) is 65.2 Å². The molecule has 0 unspecified atom stereocenters. The molecule has 2 amide bonds. The van der Waals surface area contributed by atoms with Crippen LogP contribution in [-0.2, 0) is 11.2 Å². The molecule has 0 spiro atoms. The standard InChI is InChI=1S/C24H28FN3O2/c1-17(29)28-14-3-5-22-24(28,2)12-4-13-27(22)23(30)19-8-11-21(26-16-19)15-18-6-9-20(25)10-7-18/h6-11,16,22H,3-5,12-15H2,1-2H3/t22-,24-/m0/s1. The molecule has 2 aliphatic rings. The van der Waals surface area contributed by atoms with E-state index in [1.54, 1.807) is 25.3 Å². The van der Waals surface area contributed by atoms with Crippen molar-refractivity contribution in [2.75, 3.05) is 13.1 Å². The Morgan fingerprint density at radius 3 is 2.57 bits per heavy atom. The fraction of sp³-hybridized carbons (Fsp3) is 0.458. The zero-order valence-corrected chi connectivity index (χ0v) is 17.6. The lowest BCUT2D eigenvalue weighted by Crippen LogP contribution is -2.67. The van der Waals surface area contributed by atoms with Crippen molar-refractivity contribution in [3.63, 3.8) is 0 Å². The number of hydrogen-bond acceptors (Lipinski definition) is 3. The van der Waals surface area contributed by atoms with Crippen LogP contribution in [0.15, 0.2) is 42.6 Å². The van der Waals surface area contributed by atoms with Crippen LogP contribution in [0.1, 0.15) is 61.1 Å². The van der Waals surface area contributed by atoms with E-state index in [-0.39, 0.29) is 29.2 Å². The largest absolute Gasteiger partial charge is 0.335 e. The highest BCUT2D eigenvalue weighted by Crippen LogP contribution is 2.39. The van der Waals surface area contributed by atoms with E-state index in [2.05, 4.69) is 11.9 Å². The molecule has 5 nitrogen and oxygen atoms in total. The minimum absolute atomic E-state index is 0.0165. The summed E-state index contributed by atoms with van der Waals surface area (Å²) in [6.07, 6.45) is 5.88. The highest BCUT2D eigenvalue weighted by Gasteiger charge is 2.49. The van der Waals surface area contributed by atoms with Gasteiger partial charge in [0.15, 0.2) is 0 Å². The Labute approximate surface area is 176 Å². The maximum Gasteiger partial charge on any atom is 0.255 e. The number of carbonyl (C=O) groups excluding carboxylic acids is 2. The minimum Gasteiger partial charge on any atom is -0.335 e. The Bertz CT molecular complexity index is 928. The van der Waals surface area contributed by atoms with Crippen LogP contribution in [0.25, 0.3) is 0 Å². The van der Waals surface area contributed by atoms with Crippen LogP contribution in [0, 0.1) is 5.82 Å². The van der Waals surface area contributed by atoms with E-state index >= 15 is 0 Å². The Morgan fingerprint density at radius 1 is 1.13 bits per heavy atom. The van der Waals surface area contributed by atoms with Gasteiger partial charge in [-0.15, -0.1) is 0 Å². The highest BCUT2D eigenvalue weighted by atomic mass is 19.1. The van der Waals surface area contributed by atoms with Crippen molar-refractivity contribution in [2.24, 2.45) is 0 Å². The SMILES string of the molecule is CC(=O)N1CCC[C@@H]2N(C(=O)c3ccc(Cc4ccc(F)cc4)nc3)CCC[C@@]21C. The molecule has 0 saturated carbocycles. The van der Waals surface area contributed by atoms with E-state index in [0.29, 0.717) is 18.5 Å². The van der Waals surface area contributed by atoms with E-state index in [4.69, 9.17) is 0 Å². The molecule has 3 heterocycles. The van der Waals surface area contributed by atoms with Gasteiger partial charge in [0.1, 0.15) is 5.82 Å². The van der Waals surface area contributed by atoms with Crippen LogP contribution >= 0.6 is 0 Å². The van der Waals surface area contributed by atoms with E-state index in [1.807, 2.05) is 21.9 Å². The third-order valence-corrected chi connectivity index (χ3v) is 6.66. The second kappa shape index (κ2) is 8.17. The van der Waals surface area contributed by atoms with Crippen LogP contribution in [0.5, 0.6) is 0 Å². The Hall–Kier alpha value is -2.76. The first-order valence-corrected chi connectivity index (χ1v) is 10.7. The predicted octanol–water partition coefficient (Wildman–Crippen LogP) is 3.82. The maximum absolute atomic E-state index is 13.3. The molecule has 0 bridgehead atoms. The molecule has 158 valence electrons. The number of carbonyl (C=O) groups is 2. The fourth-order valence-electron chi connectivity index (χ4n) is 5.14. The van der Waals surface area contributed by atoms with Gasteiger partial charge in [0.25, 0.3) is 5.91 Å². The van der Waals surface area contributed by atoms with Gasteiger partial charge in [0.2, 0.25) is 5.91 Å². The van der Waals surface area contributed by atoms with Crippen molar-refractivity contribution >= 4 is 11.8 Å². The summed E-state index contributed by atoms with van der Waals surface area (Å²) in [6, 6.07) is 10.1. The lowest BCUT2D eigenvalue weighted by molar-refractivity contribution is -0.143. The summed E-state index contributed by atoms with van der Waals surface area (Å²) >= 11 is 0. The smallest absolute Gasteiger partial charge is 0.255 e. The summed E-state index contributed by atoms with van der Waals surface area (Å²) in [4.78, 5) is 33.9. The zero-order chi connectivity index (χ0) is 21.3. The van der Waals surface area contributed by atoms with Crippen molar-refractivity contribution in [3.8, 4) is 0 Å². The number of piperidine rings is 2. The van der Waals surface area contributed by atoms with Gasteiger partial charge in [-0.1, -0.05) is 12.1 Å². The van der Waals surface area contributed by atoms with Gasteiger partial charge in [-0.25, -0.2) is 4.39 Å². The van der Waals surface area contributed by atoms with Crippen molar-refractivity contribution in [1.82, 2.24) is 14.8 Å². The van der Waals surface area contributed by atoms with Gasteiger partial charge in [-0.05, 0) is 62.4 Å². The number of nitrogens with zero attached hydrogens (tertiary/aromatic N) is 3. The van der Waals surface area contributed by atoms with Gasteiger partial charge >= 0.3 is 0 Å². The summed E-state index contributed by atoms with van der Waals surface area (Å²) in [7, 11) is 0. The molecule has 0 N–H and O–H groups in total. The number of likely N-dealkylation sites (tertiary alicyclic amines) is 2. The second-order valence-electron chi connectivity index (χ2n) is 8.63. The number of benzene rings is 1. The number of rotatable bonds is 3. The summed E-state index contributed by atoms with van der Waals surface area (Å²) in [5.74, 6) is -0.187. The zero-order valence-electron chi connectivity index (χ0n) is 17.6. The first-order valence-electron chi connectivity index (χ1n) is 10.7. The van der Waals surface area contributed by atoms with E-state index in [0.717, 1.165) is 43.5 Å². The molecule has 1 aromatic carbocycles. The summed E-state index contributed by atoms with van der Waals surface area (Å²) in [5.41, 5.74) is 2.08. The number of hydrogen-bond donors (Lipinski definition) is 0. The molecule has 30 heavy (non-hydrogen) atoms. The van der Waals surface area contributed by atoms with E-state index in [9.17, 15) is 14.0 Å². The molecule has 2 aromatic rings. The first kappa shape index (κ1) is 20.5. The van der Waals surface area contributed by atoms with Crippen LogP contribution in [-0.4, -0.2) is 51.3 Å². The molecule has 2 fully saturated rings. The van der Waals surface area contributed by atoms with Crippen molar-refractivity contribution in [1.29, 1.82) is 0 Å². The molecule has 2 atom stereocenters. The van der Waals surface area contributed by atoms with Crippen LogP contribution in [0.4, 0.5) is 4.39 Å². The normalized spacial score (nSPS) is 23.8. The van der Waals surface area contributed by atoms with Gasteiger partial charge in [-0.3, -0.25) is 14.6 Å². The molecule has 6 heteroatoms. The number of amides is 2. The second-order valence-corrected chi connectivity index (χ2v) is 8.63. The molecule has 4 rings (SSSR count). The molecule has 0 radical (unpaired) electrons. The average Bonchev–Trinajstić information content (AvgIpc) is 2.74. The molecule has 0 aliphatic carbocycles.